The molecule has 3 N–H and O–H groups in total. The summed E-state index contributed by atoms with van der Waals surface area (Å²) in [5.41, 5.74) is 8.26. The number of hydrogen-bond donors (Lipinski definition) is 2. The first-order valence-corrected chi connectivity index (χ1v) is 6.18. The van der Waals surface area contributed by atoms with Crippen LogP contribution in [0.4, 0.5) is 4.39 Å². The van der Waals surface area contributed by atoms with E-state index in [0.29, 0.717) is 29.8 Å². The lowest BCUT2D eigenvalue weighted by Crippen LogP contribution is -2.32. The Morgan fingerprint density at radius 1 is 1.58 bits per heavy atom. The third kappa shape index (κ3) is 2.93. The second kappa shape index (κ2) is 5.84. The summed E-state index contributed by atoms with van der Waals surface area (Å²) >= 11 is 0. The third-order valence-electron chi connectivity index (χ3n) is 3.06. The van der Waals surface area contributed by atoms with Gasteiger partial charge >= 0.3 is 0 Å². The molecule has 1 heterocycles. The number of nitrogens with one attached hydrogen (secondary N) is 1. The summed E-state index contributed by atoms with van der Waals surface area (Å²) in [4.78, 5) is 11.9. The number of rotatable bonds is 4. The van der Waals surface area contributed by atoms with Gasteiger partial charge < -0.3 is 15.8 Å². The maximum absolute atomic E-state index is 12.5. The Morgan fingerprint density at radius 3 is 3.05 bits per heavy atom. The van der Waals surface area contributed by atoms with E-state index in [1.54, 1.807) is 6.07 Å². The fourth-order valence-electron chi connectivity index (χ4n) is 2.10. The lowest BCUT2D eigenvalue weighted by Gasteiger charge is -2.20. The van der Waals surface area contributed by atoms with Crippen LogP contribution in [-0.2, 0) is 6.42 Å². The molecular weight excluding hydrogens is 247 g/mol. The molecule has 0 saturated heterocycles. The second-order valence-electron chi connectivity index (χ2n) is 4.56. The van der Waals surface area contributed by atoms with E-state index in [1.807, 2.05) is 13.0 Å². The van der Waals surface area contributed by atoms with Crippen molar-refractivity contribution in [3.63, 3.8) is 0 Å². The number of nitrogens with two attached hydrogens (primary N) is 1. The van der Waals surface area contributed by atoms with Gasteiger partial charge in [0.15, 0.2) is 0 Å². The number of ether oxygens (including phenoxy) is 1. The van der Waals surface area contributed by atoms with Gasteiger partial charge in [-0.2, -0.15) is 0 Å². The third-order valence-corrected chi connectivity index (χ3v) is 3.06. The predicted octanol–water partition coefficient (Wildman–Crippen LogP) is 1.47. The SMILES string of the molecule is Cc1cc2c(c(OC/C(=C/F)CN)c1)C(=O)NCC2. The average Bonchev–Trinajstić information content (AvgIpc) is 2.39. The van der Waals surface area contributed by atoms with E-state index in [9.17, 15) is 9.18 Å². The number of hydrogen-bond acceptors (Lipinski definition) is 3. The standard InChI is InChI=1S/C14H17FN2O2/c1-9-4-11-2-3-17-14(18)13(11)12(5-9)19-8-10(6-15)7-16/h4-6H,2-3,7-8,16H2,1H3,(H,17,18)/b10-6+. The van der Waals surface area contributed by atoms with Gasteiger partial charge in [-0.3, -0.25) is 4.79 Å². The zero-order valence-corrected chi connectivity index (χ0v) is 10.8. The summed E-state index contributed by atoms with van der Waals surface area (Å²) in [6.07, 6.45) is 1.23. The monoisotopic (exact) mass is 264 g/mol. The molecule has 0 fully saturated rings. The van der Waals surface area contributed by atoms with Crippen LogP contribution in [-0.4, -0.2) is 25.6 Å². The molecule has 0 radical (unpaired) electrons. The van der Waals surface area contributed by atoms with E-state index in [0.717, 1.165) is 17.5 Å². The molecule has 0 atom stereocenters. The van der Waals surface area contributed by atoms with E-state index >= 15 is 0 Å². The van der Waals surface area contributed by atoms with Gasteiger partial charge in [-0.1, -0.05) is 6.07 Å². The van der Waals surface area contributed by atoms with Crippen LogP contribution in [0, 0.1) is 6.92 Å². The molecule has 19 heavy (non-hydrogen) atoms. The molecule has 5 heteroatoms. The number of aryl methyl sites for hydroxylation is 1. The normalized spacial score (nSPS) is 14.9. The molecule has 2 rings (SSSR count). The molecule has 0 aliphatic carbocycles. The topological polar surface area (TPSA) is 64.3 Å². The van der Waals surface area contributed by atoms with Crippen molar-refractivity contribution >= 4 is 5.91 Å². The van der Waals surface area contributed by atoms with Crippen molar-refractivity contribution in [3.05, 3.63) is 40.7 Å². The number of benzene rings is 1. The number of fused-ring (bicyclic) bond motifs is 1. The zero-order valence-electron chi connectivity index (χ0n) is 10.8. The van der Waals surface area contributed by atoms with Gasteiger partial charge in [-0.05, 0) is 30.5 Å². The van der Waals surface area contributed by atoms with E-state index < -0.39 is 0 Å². The van der Waals surface area contributed by atoms with E-state index in [2.05, 4.69) is 5.32 Å². The van der Waals surface area contributed by atoms with Gasteiger partial charge in [0.2, 0.25) is 0 Å². The fourth-order valence-corrected chi connectivity index (χ4v) is 2.10. The smallest absolute Gasteiger partial charge is 0.255 e. The van der Waals surface area contributed by atoms with Gasteiger partial charge in [0.05, 0.1) is 11.9 Å². The quantitative estimate of drug-likeness (QED) is 0.865. The molecule has 1 aliphatic heterocycles. The molecule has 102 valence electrons. The predicted molar refractivity (Wildman–Crippen MR) is 71.0 cm³/mol. The molecule has 0 saturated carbocycles. The largest absolute Gasteiger partial charge is 0.488 e. The Balaban J connectivity index is 2.29. The Hall–Kier alpha value is -1.88. The fraction of sp³-hybridized carbons (Fsp3) is 0.357. The molecule has 1 aromatic carbocycles. The Morgan fingerprint density at radius 2 is 2.37 bits per heavy atom. The molecule has 0 spiro atoms. The van der Waals surface area contributed by atoms with E-state index in [1.165, 1.54) is 0 Å². The minimum absolute atomic E-state index is 0.0518. The van der Waals surface area contributed by atoms with Crippen LogP contribution >= 0.6 is 0 Å². The first kappa shape index (κ1) is 13.5. The van der Waals surface area contributed by atoms with Crippen LogP contribution in [0.3, 0.4) is 0 Å². The summed E-state index contributed by atoms with van der Waals surface area (Å²) in [6, 6.07) is 3.77. The number of halogens is 1. The minimum atomic E-state index is -0.144. The highest BCUT2D eigenvalue weighted by Crippen LogP contribution is 2.27. The molecule has 0 aromatic heterocycles. The Kier molecular flexibility index (Phi) is 4.16. The van der Waals surface area contributed by atoms with E-state index in [4.69, 9.17) is 10.5 Å². The maximum Gasteiger partial charge on any atom is 0.255 e. The molecule has 1 amide bonds. The molecule has 1 aromatic rings. The van der Waals surface area contributed by atoms with Crippen molar-refractivity contribution in [2.45, 2.75) is 13.3 Å². The molecule has 0 bridgehead atoms. The lowest BCUT2D eigenvalue weighted by atomic mass is 9.97. The van der Waals surface area contributed by atoms with Crippen molar-refractivity contribution in [3.8, 4) is 5.75 Å². The summed E-state index contributed by atoms with van der Waals surface area (Å²) in [5.74, 6) is 0.342. The highest BCUT2D eigenvalue weighted by atomic mass is 19.1. The van der Waals surface area contributed by atoms with Gasteiger partial charge in [0.1, 0.15) is 12.4 Å². The first-order chi connectivity index (χ1) is 9.15. The van der Waals surface area contributed by atoms with Crippen molar-refractivity contribution < 1.29 is 13.9 Å². The van der Waals surface area contributed by atoms with Gasteiger partial charge in [-0.15, -0.1) is 0 Å². The number of carbonyl (C=O) groups excluding carboxylic acids is 1. The van der Waals surface area contributed by atoms with Crippen molar-refractivity contribution in [1.29, 1.82) is 0 Å². The van der Waals surface area contributed by atoms with Crippen LogP contribution in [0.25, 0.3) is 0 Å². The Labute approximate surface area is 111 Å². The van der Waals surface area contributed by atoms with Crippen LogP contribution in [0.5, 0.6) is 5.75 Å². The highest BCUT2D eigenvalue weighted by Gasteiger charge is 2.22. The maximum atomic E-state index is 12.5. The molecular formula is C14H17FN2O2. The van der Waals surface area contributed by atoms with Gasteiger partial charge in [0, 0.05) is 18.7 Å². The zero-order chi connectivity index (χ0) is 13.8. The molecule has 4 nitrogen and oxygen atoms in total. The molecule has 0 unspecified atom stereocenters. The van der Waals surface area contributed by atoms with Crippen LogP contribution < -0.4 is 15.8 Å². The summed E-state index contributed by atoms with van der Waals surface area (Å²) < 4.78 is 18.0. The lowest BCUT2D eigenvalue weighted by molar-refractivity contribution is 0.0942. The highest BCUT2D eigenvalue weighted by molar-refractivity contribution is 5.99. The van der Waals surface area contributed by atoms with Gasteiger partial charge in [-0.25, -0.2) is 4.39 Å². The Bertz CT molecular complexity index is 526. The van der Waals surface area contributed by atoms with Crippen LogP contribution in [0.1, 0.15) is 21.5 Å². The first-order valence-electron chi connectivity index (χ1n) is 6.18. The number of amides is 1. The van der Waals surface area contributed by atoms with Crippen molar-refractivity contribution in [2.24, 2.45) is 5.73 Å². The second-order valence-corrected chi connectivity index (χ2v) is 4.56. The number of carbonyl (C=O) groups is 1. The van der Waals surface area contributed by atoms with Gasteiger partial charge in [0.25, 0.3) is 5.91 Å². The van der Waals surface area contributed by atoms with Crippen LogP contribution in [0.2, 0.25) is 0 Å². The summed E-state index contributed by atoms with van der Waals surface area (Å²) in [7, 11) is 0. The summed E-state index contributed by atoms with van der Waals surface area (Å²) in [6.45, 7) is 2.72. The summed E-state index contributed by atoms with van der Waals surface area (Å²) in [5, 5.41) is 2.78. The van der Waals surface area contributed by atoms with E-state index in [-0.39, 0.29) is 19.1 Å². The average molecular weight is 264 g/mol. The van der Waals surface area contributed by atoms with Crippen molar-refractivity contribution in [1.82, 2.24) is 5.32 Å². The van der Waals surface area contributed by atoms with Crippen LogP contribution in [0.15, 0.2) is 24.0 Å². The van der Waals surface area contributed by atoms with Crippen molar-refractivity contribution in [2.75, 3.05) is 19.7 Å². The molecule has 1 aliphatic rings. The minimum Gasteiger partial charge on any atom is -0.488 e.